The highest BCUT2D eigenvalue weighted by Gasteiger charge is 2.14. The lowest BCUT2D eigenvalue weighted by Crippen LogP contribution is -1.97. The fraction of sp³-hybridized carbons (Fsp3) is 0.217. The van der Waals surface area contributed by atoms with E-state index in [1.807, 2.05) is 37.3 Å². The summed E-state index contributed by atoms with van der Waals surface area (Å²) in [6, 6.07) is 17.8. The molecule has 0 aliphatic carbocycles. The molecule has 0 spiro atoms. The molecule has 3 rings (SSSR count). The topological polar surface area (TPSA) is 0 Å². The van der Waals surface area contributed by atoms with Crippen LogP contribution in [0.3, 0.4) is 0 Å². The number of aryl methyl sites for hydroxylation is 2. The van der Waals surface area contributed by atoms with E-state index in [0.717, 1.165) is 39.8 Å². The van der Waals surface area contributed by atoms with Crippen LogP contribution in [0.2, 0.25) is 5.02 Å². The van der Waals surface area contributed by atoms with Gasteiger partial charge in [0.1, 0.15) is 5.82 Å². The second kappa shape index (κ2) is 7.41. The number of benzene rings is 3. The van der Waals surface area contributed by atoms with Gasteiger partial charge in [-0.25, -0.2) is 4.39 Å². The Morgan fingerprint density at radius 1 is 0.840 bits per heavy atom. The highest BCUT2D eigenvalue weighted by molar-refractivity contribution is 6.36. The van der Waals surface area contributed by atoms with Gasteiger partial charge in [-0.1, -0.05) is 74.0 Å². The van der Waals surface area contributed by atoms with Crippen LogP contribution in [0, 0.1) is 12.7 Å². The van der Waals surface area contributed by atoms with E-state index >= 15 is 0 Å². The molecule has 3 aromatic carbocycles. The summed E-state index contributed by atoms with van der Waals surface area (Å²) < 4.78 is 14.6. The molecule has 0 nitrogen and oxygen atoms in total. The lowest BCUT2D eigenvalue weighted by Gasteiger charge is -2.15. The zero-order chi connectivity index (χ0) is 18.0. The Balaban J connectivity index is 2.19. The molecule has 0 N–H and O–H groups in total. The van der Waals surface area contributed by atoms with Gasteiger partial charge in [-0.3, -0.25) is 0 Å². The van der Waals surface area contributed by atoms with E-state index in [1.165, 1.54) is 5.56 Å². The molecule has 0 aliphatic rings. The molecular weight excluding hydrogens is 331 g/mol. The minimum absolute atomic E-state index is 0.144. The molecule has 0 saturated heterocycles. The van der Waals surface area contributed by atoms with E-state index in [2.05, 4.69) is 32.0 Å². The Hall–Kier alpha value is -2.12. The van der Waals surface area contributed by atoms with Crippen molar-refractivity contribution in [3.63, 3.8) is 0 Å². The minimum Gasteiger partial charge on any atom is -0.207 e. The van der Waals surface area contributed by atoms with Gasteiger partial charge in [-0.2, -0.15) is 0 Å². The molecular formula is C23H22ClF. The van der Waals surface area contributed by atoms with Gasteiger partial charge in [0.25, 0.3) is 0 Å². The van der Waals surface area contributed by atoms with Gasteiger partial charge >= 0.3 is 0 Å². The van der Waals surface area contributed by atoms with E-state index < -0.39 is 0 Å². The SMILES string of the molecule is CCc1cc(-c2cccc(-c3ccccc3C)c2Cl)cc(F)c1CC. The van der Waals surface area contributed by atoms with Crippen LogP contribution in [0.1, 0.15) is 30.5 Å². The average Bonchev–Trinajstić information content (AvgIpc) is 2.62. The first-order chi connectivity index (χ1) is 12.1. The van der Waals surface area contributed by atoms with Gasteiger partial charge in [0, 0.05) is 11.1 Å². The summed E-state index contributed by atoms with van der Waals surface area (Å²) >= 11 is 6.75. The average molecular weight is 353 g/mol. The van der Waals surface area contributed by atoms with Crippen LogP contribution in [0.4, 0.5) is 4.39 Å². The van der Waals surface area contributed by atoms with E-state index in [1.54, 1.807) is 6.07 Å². The fourth-order valence-electron chi connectivity index (χ4n) is 3.40. The monoisotopic (exact) mass is 352 g/mol. The quantitative estimate of drug-likeness (QED) is 0.464. The van der Waals surface area contributed by atoms with Crippen molar-refractivity contribution in [2.24, 2.45) is 0 Å². The van der Waals surface area contributed by atoms with Crippen molar-refractivity contribution in [3.8, 4) is 22.3 Å². The Bertz CT molecular complexity index is 912. The maximum atomic E-state index is 14.6. The number of hydrogen-bond donors (Lipinski definition) is 0. The second-order valence-electron chi connectivity index (χ2n) is 6.28. The maximum absolute atomic E-state index is 14.6. The molecule has 3 aromatic rings. The van der Waals surface area contributed by atoms with E-state index in [-0.39, 0.29) is 5.82 Å². The number of hydrogen-bond acceptors (Lipinski definition) is 0. The van der Waals surface area contributed by atoms with Gasteiger partial charge in [0.15, 0.2) is 0 Å². The molecule has 25 heavy (non-hydrogen) atoms. The highest BCUT2D eigenvalue weighted by atomic mass is 35.5. The third-order valence-corrected chi connectivity index (χ3v) is 5.17. The summed E-state index contributed by atoms with van der Waals surface area (Å²) in [5, 5.41) is 0.669. The van der Waals surface area contributed by atoms with Crippen molar-refractivity contribution in [1.29, 1.82) is 0 Å². The Labute approximate surface area is 154 Å². The molecule has 0 radical (unpaired) electrons. The van der Waals surface area contributed by atoms with Gasteiger partial charge in [-0.15, -0.1) is 0 Å². The number of rotatable bonds is 4. The third kappa shape index (κ3) is 3.34. The Kier molecular flexibility index (Phi) is 5.24. The predicted molar refractivity (Wildman–Crippen MR) is 106 cm³/mol. The summed E-state index contributed by atoms with van der Waals surface area (Å²) in [6.45, 7) is 6.12. The molecule has 0 unspecified atom stereocenters. The number of halogens is 2. The van der Waals surface area contributed by atoms with Gasteiger partial charge in [0.05, 0.1) is 5.02 Å². The summed E-state index contributed by atoms with van der Waals surface area (Å²) in [5.41, 5.74) is 6.83. The van der Waals surface area contributed by atoms with E-state index in [9.17, 15) is 4.39 Å². The smallest absolute Gasteiger partial charge is 0.127 e. The molecule has 2 heteroatoms. The van der Waals surface area contributed by atoms with Crippen LogP contribution < -0.4 is 0 Å². The lowest BCUT2D eigenvalue weighted by molar-refractivity contribution is 0.609. The first-order valence-corrected chi connectivity index (χ1v) is 9.10. The van der Waals surface area contributed by atoms with Crippen LogP contribution >= 0.6 is 11.6 Å². The van der Waals surface area contributed by atoms with E-state index in [0.29, 0.717) is 11.4 Å². The minimum atomic E-state index is -0.144. The largest absolute Gasteiger partial charge is 0.207 e. The molecule has 0 aliphatic heterocycles. The van der Waals surface area contributed by atoms with Gasteiger partial charge in [-0.05, 0) is 53.6 Å². The molecule has 0 saturated carbocycles. The van der Waals surface area contributed by atoms with Crippen molar-refractivity contribution in [2.45, 2.75) is 33.6 Å². The molecule has 0 atom stereocenters. The van der Waals surface area contributed by atoms with Crippen molar-refractivity contribution < 1.29 is 4.39 Å². The van der Waals surface area contributed by atoms with Crippen LogP contribution in [0.15, 0.2) is 54.6 Å². The highest BCUT2D eigenvalue weighted by Crippen LogP contribution is 2.38. The normalized spacial score (nSPS) is 10.9. The molecule has 128 valence electrons. The van der Waals surface area contributed by atoms with Crippen molar-refractivity contribution >= 4 is 11.6 Å². The second-order valence-corrected chi connectivity index (χ2v) is 6.66. The third-order valence-electron chi connectivity index (χ3n) is 4.77. The molecule has 0 heterocycles. The first kappa shape index (κ1) is 17.7. The standard InChI is InChI=1S/C23H22ClF/c1-4-16-13-17(14-22(25)18(16)5-2)20-11-8-12-21(23(20)24)19-10-7-6-9-15(19)3/h6-14H,4-5H2,1-3H3. The summed E-state index contributed by atoms with van der Waals surface area (Å²) in [5.74, 6) is -0.144. The predicted octanol–water partition coefficient (Wildman–Crippen LogP) is 7.25. The summed E-state index contributed by atoms with van der Waals surface area (Å²) in [4.78, 5) is 0. The van der Waals surface area contributed by atoms with Crippen molar-refractivity contribution in [2.75, 3.05) is 0 Å². The first-order valence-electron chi connectivity index (χ1n) is 8.73. The molecule has 0 bridgehead atoms. The fourth-order valence-corrected chi connectivity index (χ4v) is 3.74. The van der Waals surface area contributed by atoms with Crippen LogP contribution in [-0.2, 0) is 12.8 Å². The van der Waals surface area contributed by atoms with Crippen molar-refractivity contribution in [1.82, 2.24) is 0 Å². The van der Waals surface area contributed by atoms with Gasteiger partial charge < -0.3 is 0 Å². The molecule has 0 amide bonds. The Morgan fingerprint density at radius 3 is 2.20 bits per heavy atom. The van der Waals surface area contributed by atoms with Crippen LogP contribution in [-0.4, -0.2) is 0 Å². The van der Waals surface area contributed by atoms with Gasteiger partial charge in [0.2, 0.25) is 0 Å². The zero-order valence-corrected chi connectivity index (χ0v) is 15.6. The summed E-state index contributed by atoms with van der Waals surface area (Å²) in [6.07, 6.45) is 1.51. The van der Waals surface area contributed by atoms with Crippen LogP contribution in [0.25, 0.3) is 22.3 Å². The zero-order valence-electron chi connectivity index (χ0n) is 14.9. The summed E-state index contributed by atoms with van der Waals surface area (Å²) in [7, 11) is 0. The van der Waals surface area contributed by atoms with E-state index in [4.69, 9.17) is 11.6 Å². The Morgan fingerprint density at radius 2 is 1.52 bits per heavy atom. The molecule has 0 aromatic heterocycles. The lowest BCUT2D eigenvalue weighted by atomic mass is 9.93. The molecule has 0 fully saturated rings. The van der Waals surface area contributed by atoms with Crippen molar-refractivity contribution in [3.05, 3.63) is 82.1 Å². The maximum Gasteiger partial charge on any atom is 0.127 e. The van der Waals surface area contributed by atoms with Crippen LogP contribution in [0.5, 0.6) is 0 Å².